The van der Waals surface area contributed by atoms with Crippen LogP contribution in [-0.4, -0.2) is 318 Å². The minimum absolute atomic E-state index is 0.00535. The van der Waals surface area contributed by atoms with Gasteiger partial charge >= 0.3 is 0 Å². The number of methoxy groups -OCH3 is 2. The van der Waals surface area contributed by atoms with Gasteiger partial charge in [0.1, 0.15) is 0 Å². The van der Waals surface area contributed by atoms with E-state index in [0.717, 1.165) is 18.2 Å². The van der Waals surface area contributed by atoms with Gasteiger partial charge < -0.3 is 112 Å². The van der Waals surface area contributed by atoms with Crippen molar-refractivity contribution in [2.45, 2.75) is 13.0 Å². The number of phenolic OH excluding ortho intramolecular Hbond substituents is 8. The average Bonchev–Trinajstić information content (AvgIpc) is 0.843. The predicted molar refractivity (Wildman–Crippen MR) is 355 cm³/mol. The fourth-order valence-corrected chi connectivity index (χ4v) is 10.4. The Morgan fingerprint density at radius 1 is 0.303 bits per heavy atom. The van der Waals surface area contributed by atoms with Crippen molar-refractivity contribution in [2.24, 2.45) is 0 Å². The molecule has 8 amide bonds. The number of hydrogen-bond acceptors (Lipinski definition) is 26. The molecule has 34 nitrogen and oxygen atoms in total. The molecule has 16 N–H and O–H groups in total. The van der Waals surface area contributed by atoms with Crippen LogP contribution in [0.4, 0.5) is 0 Å². The first-order valence-electron chi connectivity index (χ1n) is 32.3. The van der Waals surface area contributed by atoms with Gasteiger partial charge in [-0.1, -0.05) is 0 Å². The van der Waals surface area contributed by atoms with Crippen LogP contribution in [0.15, 0.2) is 48.5 Å². The maximum atomic E-state index is 13.8. The van der Waals surface area contributed by atoms with E-state index in [-0.39, 0.29) is 182 Å². The lowest BCUT2D eigenvalue weighted by atomic mass is 10.1. The van der Waals surface area contributed by atoms with Crippen molar-refractivity contribution in [1.82, 2.24) is 62.1 Å². The maximum Gasteiger partial charge on any atom is 0.255 e. The fourth-order valence-electron chi connectivity index (χ4n) is 10.4. The van der Waals surface area contributed by atoms with E-state index in [4.69, 9.17) is 28.4 Å². The number of carbonyl (C=O) groups is 8. The zero-order valence-corrected chi connectivity index (χ0v) is 55.8. The van der Waals surface area contributed by atoms with Crippen LogP contribution in [-0.2, 0) is 28.4 Å². The molecule has 0 radical (unpaired) electrons. The van der Waals surface area contributed by atoms with Crippen molar-refractivity contribution in [3.05, 3.63) is 93.0 Å². The average molecular weight is 1390 g/mol. The molecule has 8 aliphatic heterocycles. The number of nitrogens with one attached hydrogen (secondary N) is 8. The number of carbonyl (C=O) groups excluding carboxylic acids is 8. The predicted octanol–water partition coefficient (Wildman–Crippen LogP) is -1.75. The lowest BCUT2D eigenvalue weighted by Gasteiger charge is -2.30. The van der Waals surface area contributed by atoms with Crippen molar-refractivity contribution in [3.8, 4) is 46.0 Å². The Balaban J connectivity index is 1.20. The SMILES string of the molecule is COCCOCCOCCN1CCNC(=O)c2ccc(c(O)c2O)C(=O)NCCN(CCN2CCNC(=O)c3ccc(c(O)c3O)C(=O)NCCN(CCOCCOCCOC)CCNC(=O)c3ccc(c(O)c3O)C(=O)NC(C)C2)CCNC(=O)c2ccc(c(O)c2O)C(=O)NCC1. The monoisotopic (exact) mass is 1390 g/mol. The second-order valence-electron chi connectivity index (χ2n) is 22.9. The zero-order valence-electron chi connectivity index (χ0n) is 55.8. The summed E-state index contributed by atoms with van der Waals surface area (Å²) in [6, 6.07) is 8.56. The smallest absolute Gasteiger partial charge is 0.255 e. The molecule has 4 aromatic rings. The second kappa shape index (κ2) is 41.1. The van der Waals surface area contributed by atoms with Crippen molar-refractivity contribution in [1.29, 1.82) is 0 Å². The van der Waals surface area contributed by atoms with Crippen LogP contribution in [0, 0.1) is 0 Å². The van der Waals surface area contributed by atoms with Crippen LogP contribution in [0.1, 0.15) is 89.8 Å². The van der Waals surface area contributed by atoms with E-state index >= 15 is 0 Å². The molecule has 0 fully saturated rings. The molecule has 544 valence electrons. The quantitative estimate of drug-likeness (QED) is 0.0325. The molecular formula is C65H92N12O22. The standard InChI is InChI=1S/C65H92N12O22/c1-41-40-77(25-18-72-64(92)47-9-8-46(54(82)55(47)83)62(90)70-16-23-76(29-31-97-37-39-99-35-33-95-3)24-17-71-63(91)48-10-11-49(65(93)73-41)57(85)56(48)84)27-26-74-19-12-66-58(86)42-4-6-44(52(80)50(42)78)60(88)68-14-21-75(28-30-96-36-38-98-34-32-94-2)22-15-69-61(89)45-7-5-43(51(79)53(45)81)59(87)67-13-20-74/h4-11,41,78-85H,12-40H2,1-3H3,(H,66,86)(H,67,87)(H,68,88)(H,69,89)(H,70,90)(H,71,91)(H,72,92)(H,73,93). The van der Waals surface area contributed by atoms with Crippen molar-refractivity contribution < 1.29 is 108 Å². The molecule has 8 aliphatic rings. The molecular weight excluding hydrogens is 1300 g/mol. The van der Waals surface area contributed by atoms with Crippen LogP contribution in [0.3, 0.4) is 0 Å². The number of phenols is 8. The molecule has 8 heterocycles. The van der Waals surface area contributed by atoms with Gasteiger partial charge in [0.25, 0.3) is 47.3 Å². The normalized spacial score (nSPS) is 17.5. The number of amides is 8. The molecule has 4 aromatic carbocycles. The Bertz CT molecular complexity index is 3290. The Morgan fingerprint density at radius 3 is 0.758 bits per heavy atom. The first kappa shape index (κ1) is 78.6. The number of hydrogen-bond donors (Lipinski definition) is 16. The van der Waals surface area contributed by atoms with Crippen LogP contribution >= 0.6 is 0 Å². The second-order valence-corrected chi connectivity index (χ2v) is 22.9. The van der Waals surface area contributed by atoms with Crippen LogP contribution < -0.4 is 42.5 Å². The van der Waals surface area contributed by atoms with Gasteiger partial charge in [-0.25, -0.2) is 0 Å². The van der Waals surface area contributed by atoms with E-state index in [9.17, 15) is 79.2 Å². The van der Waals surface area contributed by atoms with Gasteiger partial charge in [-0.2, -0.15) is 0 Å². The lowest BCUT2D eigenvalue weighted by molar-refractivity contribution is 0.0196. The van der Waals surface area contributed by atoms with Gasteiger partial charge in [-0.05, 0) is 55.5 Å². The van der Waals surface area contributed by atoms with Gasteiger partial charge in [-0.15, -0.1) is 0 Å². The molecule has 0 spiro atoms. The Labute approximate surface area is 571 Å². The van der Waals surface area contributed by atoms with Crippen molar-refractivity contribution >= 4 is 47.3 Å². The largest absolute Gasteiger partial charge is 0.504 e. The van der Waals surface area contributed by atoms with E-state index in [2.05, 4.69) is 42.5 Å². The first-order chi connectivity index (χ1) is 47.6. The molecule has 0 saturated carbocycles. The zero-order chi connectivity index (χ0) is 71.8. The minimum atomic E-state index is -0.877. The number of nitrogens with zero attached hydrogens (tertiary/aromatic N) is 4. The highest BCUT2D eigenvalue weighted by atomic mass is 16.5. The number of aromatic hydroxyl groups is 8. The Kier molecular flexibility index (Phi) is 32.7. The summed E-state index contributed by atoms with van der Waals surface area (Å²) < 4.78 is 32.2. The lowest BCUT2D eigenvalue weighted by Crippen LogP contribution is -2.48. The van der Waals surface area contributed by atoms with E-state index in [1.54, 1.807) is 30.9 Å². The summed E-state index contributed by atoms with van der Waals surface area (Å²) in [4.78, 5) is 116. The molecule has 1 atom stereocenters. The highest BCUT2D eigenvalue weighted by molar-refractivity contribution is 6.06. The molecule has 1 unspecified atom stereocenters. The van der Waals surface area contributed by atoms with Crippen molar-refractivity contribution in [2.75, 3.05) is 205 Å². The molecule has 34 heteroatoms. The third kappa shape index (κ3) is 24.3. The van der Waals surface area contributed by atoms with Crippen LogP contribution in [0.2, 0.25) is 0 Å². The van der Waals surface area contributed by atoms with Gasteiger partial charge in [0.15, 0.2) is 46.0 Å². The molecule has 12 rings (SSSR count). The van der Waals surface area contributed by atoms with Crippen molar-refractivity contribution in [3.63, 3.8) is 0 Å². The summed E-state index contributed by atoms with van der Waals surface area (Å²) in [6.07, 6.45) is 0. The Morgan fingerprint density at radius 2 is 0.505 bits per heavy atom. The Hall–Kier alpha value is -9.36. The number of rotatable bonds is 21. The highest BCUT2D eigenvalue weighted by Gasteiger charge is 2.28. The third-order valence-electron chi connectivity index (χ3n) is 15.9. The summed E-state index contributed by atoms with van der Waals surface area (Å²) in [7, 11) is 3.11. The third-order valence-corrected chi connectivity index (χ3v) is 15.9. The summed E-state index contributed by atoms with van der Waals surface area (Å²) >= 11 is 0. The summed E-state index contributed by atoms with van der Waals surface area (Å²) in [5, 5.41) is 110. The number of ether oxygens (including phenoxy) is 6. The number of benzene rings is 4. The molecule has 0 aliphatic carbocycles. The molecule has 0 aromatic heterocycles. The molecule has 0 saturated heterocycles. The van der Waals surface area contributed by atoms with Gasteiger partial charge in [-0.3, -0.25) is 58.0 Å². The highest BCUT2D eigenvalue weighted by Crippen LogP contribution is 2.36. The van der Waals surface area contributed by atoms with Gasteiger partial charge in [0, 0.05) is 145 Å². The minimum Gasteiger partial charge on any atom is -0.504 e. The summed E-state index contributed by atoms with van der Waals surface area (Å²) in [5.74, 6) is -13.4. The van der Waals surface area contributed by atoms with E-state index in [1.807, 2.05) is 9.80 Å². The van der Waals surface area contributed by atoms with Gasteiger partial charge in [0.05, 0.1) is 111 Å². The van der Waals surface area contributed by atoms with Gasteiger partial charge in [0.2, 0.25) is 0 Å². The molecule has 8 bridgehead atoms. The van der Waals surface area contributed by atoms with E-state index in [1.165, 1.54) is 30.3 Å². The maximum absolute atomic E-state index is 13.8. The topological polar surface area (TPSA) is 463 Å². The summed E-state index contributed by atoms with van der Waals surface area (Å²) in [6.45, 7) is 6.29. The van der Waals surface area contributed by atoms with E-state index in [0.29, 0.717) is 52.7 Å². The summed E-state index contributed by atoms with van der Waals surface area (Å²) in [5.41, 5.74) is -2.84. The molecule has 99 heavy (non-hydrogen) atoms. The van der Waals surface area contributed by atoms with Crippen LogP contribution in [0.5, 0.6) is 46.0 Å². The van der Waals surface area contributed by atoms with Crippen LogP contribution in [0.25, 0.3) is 0 Å². The fraction of sp³-hybridized carbons (Fsp3) is 0.508. The first-order valence-corrected chi connectivity index (χ1v) is 32.3. The van der Waals surface area contributed by atoms with E-state index < -0.39 is 99.3 Å².